The highest BCUT2D eigenvalue weighted by atomic mass is 16.6. The molecule has 7 heteroatoms. The third-order valence-corrected chi connectivity index (χ3v) is 2.39. The van der Waals surface area contributed by atoms with Crippen LogP contribution in [0.3, 0.4) is 0 Å². The summed E-state index contributed by atoms with van der Waals surface area (Å²) >= 11 is 0. The number of hydrogen-bond acceptors (Lipinski definition) is 6. The van der Waals surface area contributed by atoms with Crippen LogP contribution in [-0.4, -0.2) is 40.4 Å². The molecule has 0 saturated carbocycles. The summed E-state index contributed by atoms with van der Waals surface area (Å²) in [6, 6.07) is 4.82. The summed E-state index contributed by atoms with van der Waals surface area (Å²) in [6.45, 7) is 3.63. The van der Waals surface area contributed by atoms with Crippen LogP contribution >= 0.6 is 0 Å². The zero-order valence-corrected chi connectivity index (χ0v) is 11.0. The average Bonchev–Trinajstić information content (AvgIpc) is 2.33. The van der Waals surface area contributed by atoms with E-state index < -0.39 is 17.1 Å². The van der Waals surface area contributed by atoms with Crippen LogP contribution in [0.5, 0.6) is 0 Å². The Bertz CT molecular complexity index is 405. The van der Waals surface area contributed by atoms with E-state index >= 15 is 0 Å². The van der Waals surface area contributed by atoms with E-state index in [1.54, 1.807) is 32.0 Å². The van der Waals surface area contributed by atoms with Crippen molar-refractivity contribution in [3.8, 4) is 0 Å². The van der Waals surface area contributed by atoms with Gasteiger partial charge in [-0.2, -0.15) is 0 Å². The van der Waals surface area contributed by atoms with Crippen molar-refractivity contribution in [1.82, 2.24) is 0 Å². The van der Waals surface area contributed by atoms with Crippen LogP contribution in [0.4, 0.5) is 17.1 Å². The largest absolute Gasteiger partial charge is 0.392 e. The van der Waals surface area contributed by atoms with Crippen molar-refractivity contribution in [1.29, 1.82) is 0 Å². The van der Waals surface area contributed by atoms with Crippen molar-refractivity contribution in [3.05, 3.63) is 28.3 Å². The monoisotopic (exact) mass is 269 g/mol. The lowest BCUT2D eigenvalue weighted by atomic mass is 10.2. The van der Waals surface area contributed by atoms with Crippen LogP contribution in [0.25, 0.3) is 0 Å². The maximum atomic E-state index is 11.1. The van der Waals surface area contributed by atoms with Gasteiger partial charge < -0.3 is 20.8 Å². The van der Waals surface area contributed by atoms with E-state index in [1.165, 1.54) is 0 Å². The third-order valence-electron chi connectivity index (χ3n) is 2.39. The van der Waals surface area contributed by atoms with Gasteiger partial charge in [0.15, 0.2) is 0 Å². The Morgan fingerprint density at radius 1 is 1.16 bits per heavy atom. The molecule has 0 radical (unpaired) electrons. The van der Waals surface area contributed by atoms with Gasteiger partial charge in [0.25, 0.3) is 0 Å². The minimum absolute atomic E-state index is 0.0937. The first kappa shape index (κ1) is 15.2. The Labute approximate surface area is 111 Å². The molecule has 0 saturated heterocycles. The molecule has 0 aliphatic heterocycles. The molecule has 19 heavy (non-hydrogen) atoms. The maximum absolute atomic E-state index is 11.1. The van der Waals surface area contributed by atoms with E-state index in [4.69, 9.17) is 0 Å². The van der Waals surface area contributed by atoms with Gasteiger partial charge in [0.1, 0.15) is 11.4 Å². The molecule has 4 N–H and O–H groups in total. The smallest absolute Gasteiger partial charge is 0.315 e. The van der Waals surface area contributed by atoms with Crippen molar-refractivity contribution < 1.29 is 15.1 Å². The van der Waals surface area contributed by atoms with Crippen LogP contribution in [0.15, 0.2) is 18.2 Å². The number of benzene rings is 1. The number of para-hydroxylation sites is 1. The zero-order chi connectivity index (χ0) is 14.4. The van der Waals surface area contributed by atoms with Gasteiger partial charge in [-0.15, -0.1) is 0 Å². The van der Waals surface area contributed by atoms with Crippen LogP contribution in [0.1, 0.15) is 13.8 Å². The fraction of sp³-hybridized carbons (Fsp3) is 0.500. The molecule has 0 fully saturated rings. The maximum Gasteiger partial charge on any atom is 0.315 e. The van der Waals surface area contributed by atoms with Gasteiger partial charge >= 0.3 is 5.69 Å². The number of aliphatic hydroxyl groups excluding tert-OH is 2. The van der Waals surface area contributed by atoms with Gasteiger partial charge in [-0.1, -0.05) is 6.07 Å². The van der Waals surface area contributed by atoms with Crippen LogP contribution in [0.2, 0.25) is 0 Å². The molecule has 0 spiro atoms. The number of nitrogens with one attached hydrogen (secondary N) is 2. The highest BCUT2D eigenvalue weighted by molar-refractivity contribution is 5.76. The molecule has 0 aliphatic carbocycles. The Morgan fingerprint density at radius 2 is 1.58 bits per heavy atom. The average molecular weight is 269 g/mol. The van der Waals surface area contributed by atoms with Crippen molar-refractivity contribution >= 4 is 17.1 Å². The molecule has 2 unspecified atom stereocenters. The molecule has 0 aromatic heterocycles. The molecule has 1 rings (SSSR count). The van der Waals surface area contributed by atoms with Crippen molar-refractivity contribution in [2.24, 2.45) is 0 Å². The quantitative estimate of drug-likeness (QED) is 0.437. The highest BCUT2D eigenvalue weighted by Gasteiger charge is 2.19. The number of hydrogen-bond donors (Lipinski definition) is 4. The van der Waals surface area contributed by atoms with Gasteiger partial charge in [0, 0.05) is 13.1 Å². The Balaban J connectivity index is 2.97. The van der Waals surface area contributed by atoms with Gasteiger partial charge in [0.2, 0.25) is 0 Å². The van der Waals surface area contributed by atoms with Crippen molar-refractivity contribution in [3.63, 3.8) is 0 Å². The molecule has 2 atom stereocenters. The summed E-state index contributed by atoms with van der Waals surface area (Å²) in [5, 5.41) is 35.2. The standard InChI is InChI=1S/C12H19N3O4/c1-8(16)6-13-10-4-3-5-11(12(10)15(18)19)14-7-9(2)17/h3-5,8-9,13-14,16-17H,6-7H2,1-2H3. The molecule has 0 amide bonds. The van der Waals surface area contributed by atoms with Gasteiger partial charge in [0.05, 0.1) is 17.1 Å². The fourth-order valence-corrected chi connectivity index (χ4v) is 1.54. The zero-order valence-electron chi connectivity index (χ0n) is 11.0. The second-order valence-corrected chi connectivity index (χ2v) is 4.42. The SMILES string of the molecule is CC(O)CNc1cccc(NCC(C)O)c1[N+](=O)[O-]. The number of nitro groups is 1. The first-order chi connectivity index (χ1) is 8.91. The fourth-order valence-electron chi connectivity index (χ4n) is 1.54. The van der Waals surface area contributed by atoms with Gasteiger partial charge in [-0.3, -0.25) is 10.1 Å². The molecular formula is C12H19N3O4. The summed E-state index contributed by atoms with van der Waals surface area (Å²) in [7, 11) is 0. The summed E-state index contributed by atoms with van der Waals surface area (Å²) in [6.07, 6.45) is -1.21. The molecule has 0 aliphatic rings. The minimum Gasteiger partial charge on any atom is -0.392 e. The predicted octanol–water partition coefficient (Wildman–Crippen LogP) is 1.18. The van der Waals surface area contributed by atoms with E-state index in [-0.39, 0.29) is 18.8 Å². The molecule has 1 aromatic carbocycles. The molecular weight excluding hydrogens is 250 g/mol. The third kappa shape index (κ3) is 4.72. The first-order valence-electron chi connectivity index (χ1n) is 6.03. The van der Waals surface area contributed by atoms with E-state index in [9.17, 15) is 20.3 Å². The first-order valence-corrected chi connectivity index (χ1v) is 6.03. The Hall–Kier alpha value is -1.86. The Morgan fingerprint density at radius 3 is 1.89 bits per heavy atom. The lowest BCUT2D eigenvalue weighted by Crippen LogP contribution is -2.18. The van der Waals surface area contributed by atoms with E-state index in [2.05, 4.69) is 10.6 Å². The molecule has 7 nitrogen and oxygen atoms in total. The Kier molecular flexibility index (Phi) is 5.53. The highest BCUT2D eigenvalue weighted by Crippen LogP contribution is 2.32. The second-order valence-electron chi connectivity index (χ2n) is 4.42. The summed E-state index contributed by atoms with van der Waals surface area (Å²) in [5.41, 5.74) is 0.576. The summed E-state index contributed by atoms with van der Waals surface area (Å²) in [5.74, 6) is 0. The van der Waals surface area contributed by atoms with E-state index in [0.717, 1.165) is 0 Å². The van der Waals surface area contributed by atoms with Crippen molar-refractivity contribution in [2.75, 3.05) is 23.7 Å². The number of aliphatic hydroxyl groups is 2. The number of nitrogens with zero attached hydrogens (tertiary/aromatic N) is 1. The number of anilines is 2. The molecule has 1 aromatic rings. The topological polar surface area (TPSA) is 108 Å². The minimum atomic E-state index is -0.603. The van der Waals surface area contributed by atoms with Crippen molar-refractivity contribution in [2.45, 2.75) is 26.1 Å². The molecule has 0 heterocycles. The molecule has 106 valence electrons. The summed E-state index contributed by atoms with van der Waals surface area (Å²) in [4.78, 5) is 10.6. The van der Waals surface area contributed by atoms with Gasteiger partial charge in [-0.25, -0.2) is 0 Å². The van der Waals surface area contributed by atoms with Crippen LogP contribution in [0, 0.1) is 10.1 Å². The predicted molar refractivity (Wildman–Crippen MR) is 73.4 cm³/mol. The normalized spacial score (nSPS) is 13.7. The molecule has 0 bridgehead atoms. The lowest BCUT2D eigenvalue weighted by Gasteiger charge is -2.13. The number of rotatable bonds is 7. The van der Waals surface area contributed by atoms with E-state index in [0.29, 0.717) is 11.4 Å². The van der Waals surface area contributed by atoms with Crippen LogP contribution < -0.4 is 10.6 Å². The van der Waals surface area contributed by atoms with Gasteiger partial charge in [-0.05, 0) is 26.0 Å². The lowest BCUT2D eigenvalue weighted by molar-refractivity contribution is -0.383. The van der Waals surface area contributed by atoms with Crippen LogP contribution in [-0.2, 0) is 0 Å². The van der Waals surface area contributed by atoms with E-state index in [1.807, 2.05) is 0 Å². The summed E-state index contributed by atoms with van der Waals surface area (Å²) < 4.78 is 0. The second kappa shape index (κ2) is 6.91. The number of nitro benzene ring substituents is 1.